The van der Waals surface area contributed by atoms with Crippen molar-refractivity contribution in [3.05, 3.63) is 0 Å². The second-order valence-corrected chi connectivity index (χ2v) is 6.57. The SMILES string of the molecule is O=S(=O)(CCCS(=O)(=O)OC(O)(O)O)OC(O)(O)O. The van der Waals surface area contributed by atoms with E-state index >= 15 is 0 Å². The fraction of sp³-hybridized carbons (Fsp3) is 1.00. The van der Waals surface area contributed by atoms with E-state index in [0.29, 0.717) is 0 Å². The molecule has 0 radical (unpaired) electrons. The largest absolute Gasteiger partial charge is 0.419 e. The van der Waals surface area contributed by atoms with Crippen molar-refractivity contribution in [1.82, 2.24) is 0 Å². The quantitative estimate of drug-likeness (QED) is 0.183. The van der Waals surface area contributed by atoms with Crippen molar-refractivity contribution in [3.63, 3.8) is 0 Å². The van der Waals surface area contributed by atoms with E-state index in [2.05, 4.69) is 8.37 Å². The summed E-state index contributed by atoms with van der Waals surface area (Å²) in [6.45, 7) is 0. The van der Waals surface area contributed by atoms with Crippen LogP contribution >= 0.6 is 0 Å². The molecule has 0 aliphatic rings. The fourth-order valence-electron chi connectivity index (χ4n) is 0.837. The van der Waals surface area contributed by atoms with Crippen LogP contribution in [0.15, 0.2) is 0 Å². The summed E-state index contributed by atoms with van der Waals surface area (Å²) >= 11 is 0. The second kappa shape index (κ2) is 5.92. The highest BCUT2D eigenvalue weighted by Gasteiger charge is 2.31. The molecule has 0 rings (SSSR count). The van der Waals surface area contributed by atoms with Gasteiger partial charge in [0.2, 0.25) is 0 Å². The Kier molecular flexibility index (Phi) is 5.79. The minimum Gasteiger partial charge on any atom is -0.319 e. The summed E-state index contributed by atoms with van der Waals surface area (Å²) in [6.07, 6.45) is -8.61. The van der Waals surface area contributed by atoms with Crippen molar-refractivity contribution in [2.75, 3.05) is 11.5 Å². The molecule has 0 spiro atoms. The molecule has 0 bridgehead atoms. The van der Waals surface area contributed by atoms with E-state index in [9.17, 15) is 16.8 Å². The first kappa shape index (κ1) is 18.6. The van der Waals surface area contributed by atoms with Gasteiger partial charge in [0, 0.05) is 0 Å². The molecule has 12 nitrogen and oxygen atoms in total. The Labute approximate surface area is 107 Å². The van der Waals surface area contributed by atoms with Crippen LogP contribution in [-0.4, -0.2) is 71.3 Å². The zero-order chi connectivity index (χ0) is 15.5. The highest BCUT2D eigenvalue weighted by Crippen LogP contribution is 2.09. The van der Waals surface area contributed by atoms with E-state index in [1.54, 1.807) is 0 Å². The summed E-state index contributed by atoms with van der Waals surface area (Å²) in [5.41, 5.74) is 0. The molecule has 0 aliphatic carbocycles. The zero-order valence-electron chi connectivity index (χ0n) is 9.07. The molecule has 0 unspecified atom stereocenters. The lowest BCUT2D eigenvalue weighted by molar-refractivity contribution is -0.419. The molecule has 14 heteroatoms. The second-order valence-electron chi connectivity index (χ2n) is 3.19. The number of hydrogen-bond acceptors (Lipinski definition) is 12. The molecule has 0 atom stereocenters. The molecule has 0 fully saturated rings. The molecule has 0 amide bonds. The van der Waals surface area contributed by atoms with Gasteiger partial charge in [-0.25, -0.2) is 0 Å². The molecule has 0 aromatic heterocycles. The Balaban J connectivity index is 4.39. The van der Waals surface area contributed by atoms with Gasteiger partial charge in [0.25, 0.3) is 20.2 Å². The van der Waals surface area contributed by atoms with E-state index in [0.717, 1.165) is 0 Å². The van der Waals surface area contributed by atoms with Crippen molar-refractivity contribution in [3.8, 4) is 0 Å². The van der Waals surface area contributed by atoms with Crippen LogP contribution in [0.25, 0.3) is 0 Å². The van der Waals surface area contributed by atoms with Crippen LogP contribution in [0, 0.1) is 0 Å². The summed E-state index contributed by atoms with van der Waals surface area (Å²) in [5.74, 6) is -2.15. The summed E-state index contributed by atoms with van der Waals surface area (Å²) < 4.78 is 50.5. The lowest BCUT2D eigenvalue weighted by Gasteiger charge is -2.15. The van der Waals surface area contributed by atoms with Gasteiger partial charge in [-0.3, -0.25) is 0 Å². The van der Waals surface area contributed by atoms with Crippen molar-refractivity contribution in [2.45, 2.75) is 18.7 Å². The third-order valence-electron chi connectivity index (χ3n) is 1.27. The average molecular weight is 328 g/mol. The molecule has 0 aromatic carbocycles. The summed E-state index contributed by atoms with van der Waals surface area (Å²) in [5, 5.41) is 49.4. The Hall–Kier alpha value is -0.420. The van der Waals surface area contributed by atoms with Gasteiger partial charge < -0.3 is 30.6 Å². The van der Waals surface area contributed by atoms with Crippen LogP contribution < -0.4 is 0 Å². The summed E-state index contributed by atoms with van der Waals surface area (Å²) in [4.78, 5) is 0. The predicted molar refractivity (Wildman–Crippen MR) is 53.1 cm³/mol. The maximum Gasteiger partial charge on any atom is 0.419 e. The van der Waals surface area contributed by atoms with Crippen LogP contribution in [-0.2, 0) is 28.6 Å². The minimum atomic E-state index is -4.66. The maximum absolute atomic E-state index is 10.9. The van der Waals surface area contributed by atoms with Crippen LogP contribution in [0.4, 0.5) is 0 Å². The number of hydrogen-bond donors (Lipinski definition) is 6. The summed E-state index contributed by atoms with van der Waals surface area (Å²) in [7, 11) is -9.33. The summed E-state index contributed by atoms with van der Waals surface area (Å²) in [6, 6.07) is 0. The van der Waals surface area contributed by atoms with E-state index < -0.39 is 50.5 Å². The highest BCUT2D eigenvalue weighted by molar-refractivity contribution is 7.87. The molecule has 6 N–H and O–H groups in total. The average Bonchev–Trinajstić information content (AvgIpc) is 1.90. The van der Waals surface area contributed by atoms with Gasteiger partial charge in [-0.15, -0.1) is 0 Å². The first-order valence-electron chi connectivity index (χ1n) is 4.33. The molecule has 0 saturated heterocycles. The normalized spacial score (nSPS) is 14.6. The lowest BCUT2D eigenvalue weighted by atomic mass is 10.6. The number of rotatable bonds is 8. The zero-order valence-corrected chi connectivity index (χ0v) is 10.7. The Morgan fingerprint density at radius 3 is 1.16 bits per heavy atom. The predicted octanol–water partition coefficient (Wildman–Crippen LogP) is -4.75. The van der Waals surface area contributed by atoms with Gasteiger partial charge in [0.15, 0.2) is 0 Å². The Bertz CT molecular complexity index is 429. The smallest absolute Gasteiger partial charge is 0.319 e. The van der Waals surface area contributed by atoms with E-state index in [4.69, 9.17) is 30.6 Å². The molecule has 116 valence electrons. The van der Waals surface area contributed by atoms with Gasteiger partial charge in [-0.05, 0) is 6.42 Å². The van der Waals surface area contributed by atoms with Gasteiger partial charge in [0.1, 0.15) is 0 Å². The third-order valence-corrected chi connectivity index (χ3v) is 3.80. The monoisotopic (exact) mass is 328 g/mol. The van der Waals surface area contributed by atoms with Gasteiger partial charge in [-0.1, -0.05) is 0 Å². The first-order valence-corrected chi connectivity index (χ1v) is 7.48. The fourth-order valence-corrected chi connectivity index (χ4v) is 2.86. The van der Waals surface area contributed by atoms with Crippen molar-refractivity contribution in [2.24, 2.45) is 0 Å². The molecular weight excluding hydrogens is 316 g/mol. The highest BCUT2D eigenvalue weighted by atomic mass is 32.2. The van der Waals surface area contributed by atoms with E-state index in [-0.39, 0.29) is 0 Å². The Morgan fingerprint density at radius 2 is 0.947 bits per heavy atom. The van der Waals surface area contributed by atoms with Gasteiger partial charge >= 0.3 is 12.3 Å². The first-order chi connectivity index (χ1) is 8.12. The van der Waals surface area contributed by atoms with Crippen LogP contribution in [0.3, 0.4) is 0 Å². The van der Waals surface area contributed by atoms with Crippen molar-refractivity contribution in [1.29, 1.82) is 0 Å². The molecule has 0 aromatic rings. The maximum atomic E-state index is 10.9. The van der Waals surface area contributed by atoms with E-state index in [1.165, 1.54) is 0 Å². The van der Waals surface area contributed by atoms with Gasteiger partial charge in [-0.2, -0.15) is 25.2 Å². The standard InChI is InChI=1S/C5H12O12S2/c6-4(7,8)16-18(12,13)2-1-3-19(14,15)17-5(9,10)11/h6-11H,1-3H2. The topological polar surface area (TPSA) is 208 Å². The number of aliphatic hydroxyl groups is 6. The molecule has 0 saturated carbocycles. The van der Waals surface area contributed by atoms with Crippen molar-refractivity contribution >= 4 is 20.2 Å². The van der Waals surface area contributed by atoms with Crippen LogP contribution in [0.5, 0.6) is 0 Å². The molecule has 0 aliphatic heterocycles. The Morgan fingerprint density at radius 1 is 0.684 bits per heavy atom. The van der Waals surface area contributed by atoms with Gasteiger partial charge in [0.05, 0.1) is 11.5 Å². The van der Waals surface area contributed by atoms with E-state index in [1.807, 2.05) is 0 Å². The van der Waals surface area contributed by atoms with Crippen LogP contribution in [0.1, 0.15) is 6.42 Å². The molecular formula is C5H12O12S2. The van der Waals surface area contributed by atoms with Crippen LogP contribution in [0.2, 0.25) is 0 Å². The minimum absolute atomic E-state index is 0.725. The molecule has 19 heavy (non-hydrogen) atoms. The third kappa shape index (κ3) is 11.1. The lowest BCUT2D eigenvalue weighted by Crippen LogP contribution is -2.36. The van der Waals surface area contributed by atoms with Crippen molar-refractivity contribution < 1.29 is 55.8 Å². The molecule has 0 heterocycles.